The lowest BCUT2D eigenvalue weighted by atomic mass is 9.60. The van der Waals surface area contributed by atoms with Gasteiger partial charge in [-0.2, -0.15) is 13.2 Å². The first-order valence-corrected chi connectivity index (χ1v) is 13.6. The van der Waals surface area contributed by atoms with Crippen LogP contribution in [0.2, 0.25) is 0 Å². The quantitative estimate of drug-likeness (QED) is 0.505. The van der Waals surface area contributed by atoms with Gasteiger partial charge >= 0.3 is 12.2 Å². The standard InChI is InChI=1S/C27H30F3N5OS/c1-18-14-34(25-32-22-8-7-20(27(28,29)30)11-23(22)37-25)9-10-35(18)24(36)31-21-12-26(13-21)16-33(17-26)15-19-5-3-2-4-6-19/h2-8,11,18,21H,9-10,12-17H2,1H3,(H,31,36)/t18-/m1/s1. The van der Waals surface area contributed by atoms with Crippen LogP contribution in [0.4, 0.5) is 23.1 Å². The van der Waals surface area contributed by atoms with Crippen LogP contribution < -0.4 is 10.2 Å². The number of alkyl halides is 3. The first kappa shape index (κ1) is 24.5. The predicted molar refractivity (Wildman–Crippen MR) is 139 cm³/mol. The third-order valence-electron chi connectivity index (χ3n) is 7.92. The Morgan fingerprint density at radius 1 is 1.14 bits per heavy atom. The fourth-order valence-electron chi connectivity index (χ4n) is 6.12. The fourth-order valence-corrected chi connectivity index (χ4v) is 7.16. The Bertz CT molecular complexity index is 1280. The van der Waals surface area contributed by atoms with Crippen molar-refractivity contribution in [1.82, 2.24) is 20.1 Å². The normalized spacial score (nSPS) is 22.2. The van der Waals surface area contributed by atoms with E-state index >= 15 is 0 Å². The molecule has 2 amide bonds. The van der Waals surface area contributed by atoms with Crippen molar-refractivity contribution in [3.63, 3.8) is 0 Å². The zero-order chi connectivity index (χ0) is 25.8. The maximum Gasteiger partial charge on any atom is 0.416 e. The number of benzene rings is 2. The number of thiazole rings is 1. The van der Waals surface area contributed by atoms with Gasteiger partial charge in [0.2, 0.25) is 0 Å². The number of rotatable bonds is 4. The highest BCUT2D eigenvalue weighted by atomic mass is 32.1. The summed E-state index contributed by atoms with van der Waals surface area (Å²) in [5, 5.41) is 3.93. The molecule has 1 aromatic heterocycles. The van der Waals surface area contributed by atoms with E-state index in [0.29, 0.717) is 40.4 Å². The van der Waals surface area contributed by atoms with Gasteiger partial charge < -0.3 is 15.1 Å². The number of carbonyl (C=O) groups excluding carboxylic acids is 1. The molecule has 6 nitrogen and oxygen atoms in total. The minimum absolute atomic E-state index is 0.0217. The van der Waals surface area contributed by atoms with Crippen molar-refractivity contribution in [3.05, 3.63) is 59.7 Å². The molecule has 0 bridgehead atoms. The molecule has 3 heterocycles. The maximum absolute atomic E-state index is 13.1. The molecule has 2 aliphatic heterocycles. The summed E-state index contributed by atoms with van der Waals surface area (Å²) in [6.07, 6.45) is -2.31. The monoisotopic (exact) mass is 529 g/mol. The van der Waals surface area contributed by atoms with Crippen LogP contribution >= 0.6 is 11.3 Å². The van der Waals surface area contributed by atoms with Crippen molar-refractivity contribution < 1.29 is 18.0 Å². The molecule has 3 aliphatic rings. The number of urea groups is 1. The third kappa shape index (κ3) is 4.88. The molecule has 0 unspecified atom stereocenters. The van der Waals surface area contributed by atoms with Crippen LogP contribution in [0.25, 0.3) is 10.2 Å². The summed E-state index contributed by atoms with van der Waals surface area (Å²) in [5.74, 6) is 0. The number of piperazine rings is 1. The Morgan fingerprint density at radius 3 is 2.59 bits per heavy atom. The van der Waals surface area contributed by atoms with Crippen LogP contribution in [0.3, 0.4) is 0 Å². The number of nitrogens with zero attached hydrogens (tertiary/aromatic N) is 4. The second kappa shape index (κ2) is 9.16. The van der Waals surface area contributed by atoms with E-state index in [0.717, 1.165) is 44.6 Å². The van der Waals surface area contributed by atoms with Gasteiger partial charge in [-0.3, -0.25) is 4.90 Å². The Hall–Kier alpha value is -2.85. The van der Waals surface area contributed by atoms with Crippen LogP contribution in [-0.4, -0.2) is 65.6 Å². The molecule has 6 rings (SSSR count). The first-order chi connectivity index (χ1) is 17.7. The Labute approximate surface area is 218 Å². The van der Waals surface area contributed by atoms with Gasteiger partial charge in [-0.1, -0.05) is 41.7 Å². The number of halogens is 3. The largest absolute Gasteiger partial charge is 0.416 e. The van der Waals surface area contributed by atoms with E-state index in [4.69, 9.17) is 0 Å². The van der Waals surface area contributed by atoms with Gasteiger partial charge in [-0.25, -0.2) is 9.78 Å². The number of hydrogen-bond donors (Lipinski definition) is 1. The smallest absolute Gasteiger partial charge is 0.344 e. The molecule has 1 atom stereocenters. The van der Waals surface area contributed by atoms with E-state index in [2.05, 4.69) is 44.4 Å². The van der Waals surface area contributed by atoms with Crippen molar-refractivity contribution in [2.45, 2.75) is 44.6 Å². The summed E-state index contributed by atoms with van der Waals surface area (Å²) >= 11 is 1.27. The fraction of sp³-hybridized carbons (Fsp3) is 0.481. The number of hydrogen-bond acceptors (Lipinski definition) is 5. The van der Waals surface area contributed by atoms with Crippen molar-refractivity contribution in [2.75, 3.05) is 37.6 Å². The molecule has 10 heteroatoms. The van der Waals surface area contributed by atoms with E-state index in [1.165, 1.54) is 23.0 Å². The number of anilines is 1. The van der Waals surface area contributed by atoms with Gasteiger partial charge in [0.1, 0.15) is 0 Å². The van der Waals surface area contributed by atoms with Crippen molar-refractivity contribution >= 4 is 32.7 Å². The second-order valence-corrected chi connectivity index (χ2v) is 11.9. The molecule has 3 aromatic rings. The van der Waals surface area contributed by atoms with E-state index < -0.39 is 11.7 Å². The lowest BCUT2D eigenvalue weighted by Crippen LogP contribution is -2.67. The van der Waals surface area contributed by atoms with Crippen molar-refractivity contribution in [2.24, 2.45) is 5.41 Å². The number of likely N-dealkylation sites (tertiary alicyclic amines) is 1. The second-order valence-electron chi connectivity index (χ2n) is 10.9. The highest BCUT2D eigenvalue weighted by Gasteiger charge is 2.52. The van der Waals surface area contributed by atoms with Gasteiger partial charge in [0.05, 0.1) is 15.8 Å². The average Bonchev–Trinajstić information content (AvgIpc) is 3.25. The summed E-state index contributed by atoms with van der Waals surface area (Å²) in [4.78, 5) is 24.0. The zero-order valence-corrected chi connectivity index (χ0v) is 21.5. The molecule has 196 valence electrons. The topological polar surface area (TPSA) is 51.7 Å². The SMILES string of the molecule is C[C@@H]1CN(c2nc3ccc(C(F)(F)F)cc3s2)CCN1C(=O)NC1CC2(C1)CN(Cc1ccccc1)C2. The van der Waals surface area contributed by atoms with Gasteiger partial charge in [0.25, 0.3) is 0 Å². The molecule has 37 heavy (non-hydrogen) atoms. The first-order valence-electron chi connectivity index (χ1n) is 12.7. The summed E-state index contributed by atoms with van der Waals surface area (Å²) in [7, 11) is 0. The molecule has 0 radical (unpaired) electrons. The Kier molecular flexibility index (Phi) is 6.06. The highest BCUT2D eigenvalue weighted by molar-refractivity contribution is 7.22. The van der Waals surface area contributed by atoms with Crippen LogP contribution in [0, 0.1) is 5.41 Å². The number of amides is 2. The van der Waals surface area contributed by atoms with E-state index in [9.17, 15) is 18.0 Å². The van der Waals surface area contributed by atoms with Gasteiger partial charge in [-0.05, 0) is 48.9 Å². The molecule has 2 aromatic carbocycles. The van der Waals surface area contributed by atoms with Gasteiger partial charge in [-0.15, -0.1) is 0 Å². The third-order valence-corrected chi connectivity index (χ3v) is 9.00. The van der Waals surface area contributed by atoms with Crippen molar-refractivity contribution in [3.8, 4) is 0 Å². The van der Waals surface area contributed by atoms with Crippen LogP contribution in [0.5, 0.6) is 0 Å². The lowest BCUT2D eigenvalue weighted by Gasteiger charge is -2.59. The van der Waals surface area contributed by atoms with E-state index in [1.54, 1.807) is 0 Å². The summed E-state index contributed by atoms with van der Waals surface area (Å²) in [6.45, 7) is 6.94. The van der Waals surface area contributed by atoms with Gasteiger partial charge in [0, 0.05) is 51.4 Å². The van der Waals surface area contributed by atoms with Crippen LogP contribution in [0.1, 0.15) is 30.9 Å². The molecule has 2 saturated heterocycles. The molecule has 1 spiro atoms. The molecule has 3 fully saturated rings. The lowest BCUT2D eigenvalue weighted by molar-refractivity contribution is -0.137. The molecule has 1 aliphatic carbocycles. The van der Waals surface area contributed by atoms with E-state index in [1.807, 2.05) is 17.9 Å². The number of aromatic nitrogens is 1. The predicted octanol–water partition coefficient (Wildman–Crippen LogP) is 5.20. The number of carbonyl (C=O) groups is 1. The van der Waals surface area contributed by atoms with E-state index in [-0.39, 0.29) is 18.1 Å². The zero-order valence-electron chi connectivity index (χ0n) is 20.7. The molecular weight excluding hydrogens is 499 g/mol. The molecule has 1 saturated carbocycles. The average molecular weight is 530 g/mol. The van der Waals surface area contributed by atoms with Crippen LogP contribution in [-0.2, 0) is 12.7 Å². The molecular formula is C27H30F3N5OS. The minimum atomic E-state index is -4.37. The summed E-state index contributed by atoms with van der Waals surface area (Å²) in [5.41, 5.74) is 1.61. The Morgan fingerprint density at radius 2 is 1.89 bits per heavy atom. The summed E-state index contributed by atoms with van der Waals surface area (Å²) in [6, 6.07) is 14.4. The number of nitrogens with one attached hydrogen (secondary N) is 1. The van der Waals surface area contributed by atoms with Crippen molar-refractivity contribution in [1.29, 1.82) is 0 Å². The highest BCUT2D eigenvalue weighted by Crippen LogP contribution is 2.48. The Balaban J connectivity index is 0.987. The van der Waals surface area contributed by atoms with Gasteiger partial charge in [0.15, 0.2) is 5.13 Å². The molecule has 1 N–H and O–H groups in total. The maximum atomic E-state index is 13.1. The number of fused-ring (bicyclic) bond motifs is 1. The minimum Gasteiger partial charge on any atom is -0.344 e. The van der Waals surface area contributed by atoms with Crippen LogP contribution in [0.15, 0.2) is 48.5 Å². The summed E-state index contributed by atoms with van der Waals surface area (Å²) < 4.78 is 39.7.